The van der Waals surface area contributed by atoms with Crippen LogP contribution in [0.1, 0.15) is 55.9 Å². The van der Waals surface area contributed by atoms with Gasteiger partial charge in [0.05, 0.1) is 18.8 Å². The lowest BCUT2D eigenvalue weighted by Gasteiger charge is -2.40. The third kappa shape index (κ3) is 6.22. The Kier molecular flexibility index (Phi) is 8.61. The number of aromatic nitrogens is 2. The Bertz CT molecular complexity index is 1490. The van der Waals surface area contributed by atoms with E-state index in [1.165, 1.54) is 11.4 Å². The Morgan fingerprint density at radius 3 is 2.65 bits per heavy atom. The van der Waals surface area contributed by atoms with Crippen LogP contribution in [0.3, 0.4) is 0 Å². The molecule has 1 N–H and O–H groups in total. The average molecular weight is 603 g/mol. The van der Waals surface area contributed by atoms with Gasteiger partial charge in [-0.15, -0.1) is 0 Å². The SMILES string of the molecule is CCOC(=O)N1CCc2c(nc(C)n2[C@H]2CC3=CC[C@@H](C2)N3CCCN(C(=O)Nc2ccc(Cl)cc2)c2ccccc2)C1. The normalized spacial score (nSPS) is 19.1. The van der Waals surface area contributed by atoms with Gasteiger partial charge in [0.15, 0.2) is 0 Å². The summed E-state index contributed by atoms with van der Waals surface area (Å²) < 4.78 is 7.67. The van der Waals surface area contributed by atoms with Gasteiger partial charge in [-0.3, -0.25) is 4.90 Å². The molecule has 6 rings (SSSR count). The van der Waals surface area contributed by atoms with Crippen LogP contribution < -0.4 is 10.2 Å². The molecular formula is C33H39ClN6O3. The first kappa shape index (κ1) is 29.1. The van der Waals surface area contributed by atoms with Crippen molar-refractivity contribution in [1.29, 1.82) is 0 Å². The van der Waals surface area contributed by atoms with Gasteiger partial charge in [-0.05, 0) is 69.5 Å². The molecule has 226 valence electrons. The zero-order valence-electron chi connectivity index (χ0n) is 24.8. The fourth-order valence-corrected chi connectivity index (χ4v) is 6.94. The average Bonchev–Trinajstić information content (AvgIpc) is 3.46. The number of amides is 3. The van der Waals surface area contributed by atoms with Crippen LogP contribution in [-0.4, -0.2) is 63.8 Å². The number of benzene rings is 2. The van der Waals surface area contributed by atoms with Gasteiger partial charge in [-0.25, -0.2) is 14.6 Å². The number of urea groups is 1. The summed E-state index contributed by atoms with van der Waals surface area (Å²) in [6.45, 7) is 6.97. The standard InChI is InChI=1S/C33H39ClN6O3/c1-3-43-33(42)37-19-16-31-30(22-37)35-23(2)40(31)29-20-27-14-15-28(21-29)38(27)17-7-18-39(26-8-5-4-6-9-26)32(41)36-25-12-10-24(34)11-13-25/h4-6,8-14,28-29H,3,7,15-22H2,1-2H3,(H,36,41)/t28-,29-/m0/s1. The van der Waals surface area contributed by atoms with Crippen LogP contribution in [0.15, 0.2) is 66.4 Å². The molecule has 1 saturated heterocycles. The number of aryl methyl sites for hydroxylation is 1. The van der Waals surface area contributed by atoms with Gasteiger partial charge < -0.3 is 24.4 Å². The summed E-state index contributed by atoms with van der Waals surface area (Å²) in [7, 11) is 0. The topological polar surface area (TPSA) is 82.9 Å². The molecular weight excluding hydrogens is 564 g/mol. The highest BCUT2D eigenvalue weighted by atomic mass is 35.5. The number of imidazole rings is 1. The number of anilines is 2. The number of carbonyl (C=O) groups is 2. The summed E-state index contributed by atoms with van der Waals surface area (Å²) >= 11 is 6.03. The van der Waals surface area contributed by atoms with E-state index in [-0.39, 0.29) is 12.1 Å². The Morgan fingerprint density at radius 2 is 1.91 bits per heavy atom. The first-order valence-corrected chi connectivity index (χ1v) is 15.6. The van der Waals surface area contributed by atoms with Crippen molar-refractivity contribution >= 4 is 35.1 Å². The molecule has 9 nitrogen and oxygen atoms in total. The molecule has 3 aromatic rings. The Morgan fingerprint density at radius 1 is 1.12 bits per heavy atom. The second kappa shape index (κ2) is 12.7. The third-order valence-electron chi connectivity index (χ3n) is 8.73. The van der Waals surface area contributed by atoms with E-state index >= 15 is 0 Å². The number of allylic oxidation sites excluding steroid dienone is 1. The lowest BCUT2D eigenvalue weighted by molar-refractivity contribution is 0.101. The number of hydrogen-bond donors (Lipinski definition) is 1. The lowest BCUT2D eigenvalue weighted by atomic mass is 9.96. The number of halogens is 1. The van der Waals surface area contributed by atoms with Crippen molar-refractivity contribution in [1.82, 2.24) is 19.4 Å². The van der Waals surface area contributed by atoms with Crippen molar-refractivity contribution in [3.63, 3.8) is 0 Å². The van der Waals surface area contributed by atoms with E-state index in [0.717, 1.165) is 55.9 Å². The van der Waals surface area contributed by atoms with Crippen LogP contribution in [0.25, 0.3) is 0 Å². The van der Waals surface area contributed by atoms with Crippen LogP contribution in [0, 0.1) is 6.92 Å². The summed E-state index contributed by atoms with van der Waals surface area (Å²) in [5.41, 5.74) is 5.24. The van der Waals surface area contributed by atoms with Gasteiger partial charge >= 0.3 is 12.1 Å². The fourth-order valence-electron chi connectivity index (χ4n) is 6.81. The van der Waals surface area contributed by atoms with Crippen molar-refractivity contribution < 1.29 is 14.3 Å². The van der Waals surface area contributed by atoms with Crippen molar-refractivity contribution in [2.45, 2.75) is 64.6 Å². The monoisotopic (exact) mass is 602 g/mol. The molecule has 3 aliphatic rings. The zero-order valence-corrected chi connectivity index (χ0v) is 25.6. The highest BCUT2D eigenvalue weighted by molar-refractivity contribution is 6.30. The van der Waals surface area contributed by atoms with Crippen LogP contribution in [-0.2, 0) is 17.7 Å². The number of fused-ring (bicyclic) bond motifs is 3. The van der Waals surface area contributed by atoms with Gasteiger partial charge in [-0.2, -0.15) is 0 Å². The van der Waals surface area contributed by atoms with E-state index in [2.05, 4.69) is 27.8 Å². The summed E-state index contributed by atoms with van der Waals surface area (Å²) in [6, 6.07) is 17.6. The minimum atomic E-state index is -0.259. The fraction of sp³-hybridized carbons (Fsp3) is 0.424. The molecule has 0 saturated carbocycles. The molecule has 0 radical (unpaired) electrons. The molecule has 0 aliphatic carbocycles. The van der Waals surface area contributed by atoms with Crippen molar-refractivity contribution in [3.8, 4) is 0 Å². The number of rotatable bonds is 8. The summed E-state index contributed by atoms with van der Waals surface area (Å²) in [6.07, 6.45) is 6.87. The summed E-state index contributed by atoms with van der Waals surface area (Å²) in [4.78, 5) is 36.7. The molecule has 4 heterocycles. The molecule has 0 unspecified atom stereocenters. The van der Waals surface area contributed by atoms with Crippen molar-refractivity contribution in [2.75, 3.05) is 36.5 Å². The number of carbonyl (C=O) groups excluding carboxylic acids is 2. The van der Waals surface area contributed by atoms with Crippen LogP contribution >= 0.6 is 11.6 Å². The predicted octanol–water partition coefficient (Wildman–Crippen LogP) is 6.78. The number of hydrogen-bond acceptors (Lipinski definition) is 5. The third-order valence-corrected chi connectivity index (χ3v) is 8.98. The van der Waals surface area contributed by atoms with Gasteiger partial charge in [0, 0.05) is 72.3 Å². The second-order valence-corrected chi connectivity index (χ2v) is 11.9. The van der Waals surface area contributed by atoms with Gasteiger partial charge in [0.2, 0.25) is 0 Å². The number of ether oxygens (including phenoxy) is 1. The second-order valence-electron chi connectivity index (χ2n) is 11.4. The number of para-hydroxylation sites is 1. The maximum absolute atomic E-state index is 13.4. The van der Waals surface area contributed by atoms with Crippen LogP contribution in [0.4, 0.5) is 21.0 Å². The lowest BCUT2D eigenvalue weighted by Crippen LogP contribution is -2.41. The van der Waals surface area contributed by atoms with Gasteiger partial charge in [0.1, 0.15) is 5.82 Å². The van der Waals surface area contributed by atoms with Gasteiger partial charge in [-0.1, -0.05) is 35.9 Å². The molecule has 3 amide bonds. The Hall–Kier alpha value is -3.98. The highest BCUT2D eigenvalue weighted by Crippen LogP contribution is 2.42. The largest absolute Gasteiger partial charge is 0.450 e. The van der Waals surface area contributed by atoms with E-state index in [1.54, 1.807) is 17.0 Å². The minimum Gasteiger partial charge on any atom is -0.450 e. The Balaban J connectivity index is 1.09. The maximum atomic E-state index is 13.4. The highest BCUT2D eigenvalue weighted by Gasteiger charge is 2.38. The maximum Gasteiger partial charge on any atom is 0.410 e. The van der Waals surface area contributed by atoms with E-state index in [1.807, 2.05) is 54.3 Å². The number of nitrogens with zero attached hydrogens (tertiary/aromatic N) is 5. The molecule has 1 fully saturated rings. The van der Waals surface area contributed by atoms with Crippen molar-refractivity contribution in [3.05, 3.63) is 88.6 Å². The van der Waals surface area contributed by atoms with E-state index < -0.39 is 0 Å². The number of nitrogens with one attached hydrogen (secondary N) is 1. The molecule has 2 aromatic carbocycles. The Labute approximate surface area is 258 Å². The van der Waals surface area contributed by atoms with E-state index in [0.29, 0.717) is 49.0 Å². The number of piperidine rings is 1. The molecule has 2 bridgehead atoms. The summed E-state index contributed by atoms with van der Waals surface area (Å²) in [5, 5.41) is 3.65. The molecule has 10 heteroatoms. The molecule has 1 aromatic heterocycles. The first-order chi connectivity index (χ1) is 20.9. The quantitative estimate of drug-likeness (QED) is 0.307. The molecule has 43 heavy (non-hydrogen) atoms. The van der Waals surface area contributed by atoms with Crippen LogP contribution in [0.5, 0.6) is 0 Å². The summed E-state index contributed by atoms with van der Waals surface area (Å²) in [5.74, 6) is 1.03. The van der Waals surface area contributed by atoms with Crippen LogP contribution in [0.2, 0.25) is 5.02 Å². The van der Waals surface area contributed by atoms with Crippen molar-refractivity contribution in [2.24, 2.45) is 0 Å². The minimum absolute atomic E-state index is 0.156. The predicted molar refractivity (Wildman–Crippen MR) is 168 cm³/mol. The first-order valence-electron chi connectivity index (χ1n) is 15.2. The molecule has 2 atom stereocenters. The molecule has 0 spiro atoms. The molecule has 3 aliphatic heterocycles. The van der Waals surface area contributed by atoms with E-state index in [9.17, 15) is 9.59 Å². The van der Waals surface area contributed by atoms with Gasteiger partial charge in [0.25, 0.3) is 0 Å². The smallest absolute Gasteiger partial charge is 0.410 e. The van der Waals surface area contributed by atoms with E-state index in [4.69, 9.17) is 21.3 Å². The zero-order chi connectivity index (χ0) is 29.9.